The molecule has 1 aliphatic carbocycles. The molecular formula is C24H26ClFN4O. The minimum atomic E-state index is -0.208. The van der Waals surface area contributed by atoms with Crippen molar-refractivity contribution in [3.05, 3.63) is 70.0 Å². The number of fused-ring (bicyclic) bond motifs is 3. The maximum Gasteiger partial charge on any atom is 0.151 e. The second kappa shape index (κ2) is 8.24. The summed E-state index contributed by atoms with van der Waals surface area (Å²) in [7, 11) is 3.74. The van der Waals surface area contributed by atoms with Crippen molar-refractivity contribution in [3.8, 4) is 11.4 Å². The van der Waals surface area contributed by atoms with Crippen molar-refractivity contribution in [1.82, 2.24) is 19.7 Å². The van der Waals surface area contributed by atoms with Gasteiger partial charge in [-0.25, -0.2) is 4.39 Å². The summed E-state index contributed by atoms with van der Waals surface area (Å²) in [6, 6.07) is 10.9. The lowest BCUT2D eigenvalue weighted by Gasteiger charge is -2.29. The molecule has 162 valence electrons. The molecule has 0 bridgehead atoms. The van der Waals surface area contributed by atoms with Gasteiger partial charge in [-0.1, -0.05) is 11.6 Å². The monoisotopic (exact) mass is 440 g/mol. The average molecular weight is 441 g/mol. The molecule has 31 heavy (non-hydrogen) atoms. The largest absolute Gasteiger partial charge is 0.496 e. The van der Waals surface area contributed by atoms with Crippen LogP contribution in [0, 0.1) is 5.82 Å². The standard InChI is InChI=1S/C24H26ClFN4O/c1-29-13-17-11-18(25)7-9-21(17)30-23(14-29)27-28-24(30)16-5-3-15(4-6-16)20-12-19(26)8-10-22(20)31-2/h7-12,15-16H,3-6,13-14H2,1-2H3. The Hall–Kier alpha value is -2.44. The van der Waals surface area contributed by atoms with Crippen molar-refractivity contribution < 1.29 is 9.13 Å². The Kier molecular flexibility index (Phi) is 5.44. The average Bonchev–Trinajstić information content (AvgIpc) is 3.11. The summed E-state index contributed by atoms with van der Waals surface area (Å²) in [4.78, 5) is 2.24. The number of benzene rings is 2. The molecule has 0 amide bonds. The molecule has 1 fully saturated rings. The number of methoxy groups -OCH3 is 1. The van der Waals surface area contributed by atoms with E-state index in [1.165, 1.54) is 11.6 Å². The summed E-state index contributed by atoms with van der Waals surface area (Å²) in [5, 5.41) is 9.93. The van der Waals surface area contributed by atoms with Crippen molar-refractivity contribution in [2.75, 3.05) is 14.2 Å². The van der Waals surface area contributed by atoms with Crippen LogP contribution < -0.4 is 4.74 Å². The van der Waals surface area contributed by atoms with Gasteiger partial charge in [-0.3, -0.25) is 9.47 Å². The molecule has 1 aromatic heterocycles. The van der Waals surface area contributed by atoms with Crippen molar-refractivity contribution in [1.29, 1.82) is 0 Å². The quantitative estimate of drug-likeness (QED) is 0.542. The van der Waals surface area contributed by atoms with E-state index in [0.29, 0.717) is 11.8 Å². The summed E-state index contributed by atoms with van der Waals surface area (Å²) in [6.45, 7) is 1.57. The Morgan fingerprint density at radius 2 is 1.77 bits per heavy atom. The van der Waals surface area contributed by atoms with Crippen molar-refractivity contribution in [2.24, 2.45) is 0 Å². The van der Waals surface area contributed by atoms with Crippen LogP contribution in [0.2, 0.25) is 5.02 Å². The molecule has 7 heteroatoms. The number of rotatable bonds is 3. The van der Waals surface area contributed by atoms with E-state index in [0.717, 1.165) is 72.4 Å². The fourth-order valence-corrected chi connectivity index (χ4v) is 5.33. The molecule has 5 rings (SSSR count). The zero-order valence-corrected chi connectivity index (χ0v) is 18.6. The molecule has 2 aliphatic rings. The molecule has 2 aromatic carbocycles. The lowest BCUT2D eigenvalue weighted by molar-refractivity contribution is 0.315. The number of ether oxygens (including phenoxy) is 1. The second-order valence-electron chi connectivity index (χ2n) is 8.69. The first-order valence-corrected chi connectivity index (χ1v) is 11.2. The van der Waals surface area contributed by atoms with Crippen molar-refractivity contribution in [2.45, 2.75) is 50.6 Å². The Morgan fingerprint density at radius 3 is 2.55 bits per heavy atom. The number of hydrogen-bond donors (Lipinski definition) is 0. The molecule has 1 aliphatic heterocycles. The highest BCUT2D eigenvalue weighted by molar-refractivity contribution is 6.30. The summed E-state index contributed by atoms with van der Waals surface area (Å²) in [6.07, 6.45) is 3.92. The van der Waals surface area contributed by atoms with Gasteiger partial charge in [-0.2, -0.15) is 0 Å². The normalized spacial score (nSPS) is 21.3. The molecule has 0 atom stereocenters. The van der Waals surface area contributed by atoms with Crippen LogP contribution in [0.3, 0.4) is 0 Å². The highest BCUT2D eigenvalue weighted by Gasteiger charge is 2.31. The van der Waals surface area contributed by atoms with Crippen LogP contribution in [0.25, 0.3) is 5.69 Å². The Labute approximate surface area is 186 Å². The lowest BCUT2D eigenvalue weighted by Crippen LogP contribution is -2.17. The first kappa shape index (κ1) is 20.5. The Morgan fingerprint density at radius 1 is 1.00 bits per heavy atom. The molecule has 1 saturated carbocycles. The number of halogens is 2. The van der Waals surface area contributed by atoms with E-state index in [9.17, 15) is 4.39 Å². The predicted molar refractivity (Wildman–Crippen MR) is 118 cm³/mol. The van der Waals surface area contributed by atoms with E-state index in [1.54, 1.807) is 19.2 Å². The maximum absolute atomic E-state index is 13.9. The van der Waals surface area contributed by atoms with E-state index >= 15 is 0 Å². The van der Waals surface area contributed by atoms with E-state index in [2.05, 4.69) is 32.8 Å². The second-order valence-corrected chi connectivity index (χ2v) is 9.13. The molecule has 2 heterocycles. The van der Waals surface area contributed by atoms with Crippen LogP contribution in [0.5, 0.6) is 5.75 Å². The van der Waals surface area contributed by atoms with Gasteiger partial charge in [0.15, 0.2) is 5.82 Å². The fourth-order valence-electron chi connectivity index (χ4n) is 5.13. The molecule has 0 saturated heterocycles. The topological polar surface area (TPSA) is 43.2 Å². The van der Waals surface area contributed by atoms with E-state index in [1.807, 2.05) is 12.1 Å². The van der Waals surface area contributed by atoms with Gasteiger partial charge < -0.3 is 4.74 Å². The fraction of sp³-hybridized carbons (Fsp3) is 0.417. The third kappa shape index (κ3) is 3.83. The van der Waals surface area contributed by atoms with Gasteiger partial charge in [-0.05, 0) is 80.6 Å². The summed E-state index contributed by atoms with van der Waals surface area (Å²) in [5.41, 5.74) is 3.29. The summed E-state index contributed by atoms with van der Waals surface area (Å²) in [5.74, 6) is 3.18. The van der Waals surface area contributed by atoms with Crippen molar-refractivity contribution >= 4 is 11.6 Å². The molecular weight excluding hydrogens is 415 g/mol. The first-order chi connectivity index (χ1) is 15.0. The van der Waals surface area contributed by atoms with Gasteiger partial charge in [0.25, 0.3) is 0 Å². The highest BCUT2D eigenvalue weighted by atomic mass is 35.5. The summed E-state index contributed by atoms with van der Waals surface area (Å²) < 4.78 is 21.6. The number of aromatic nitrogens is 3. The van der Waals surface area contributed by atoms with E-state index < -0.39 is 0 Å². The third-order valence-corrected chi connectivity index (χ3v) is 6.85. The van der Waals surface area contributed by atoms with E-state index in [-0.39, 0.29) is 5.82 Å². The van der Waals surface area contributed by atoms with Crippen LogP contribution in [-0.2, 0) is 13.1 Å². The molecule has 0 radical (unpaired) electrons. The maximum atomic E-state index is 13.9. The molecule has 5 nitrogen and oxygen atoms in total. The zero-order chi connectivity index (χ0) is 21.5. The third-order valence-electron chi connectivity index (χ3n) is 6.61. The smallest absolute Gasteiger partial charge is 0.151 e. The lowest BCUT2D eigenvalue weighted by atomic mass is 9.78. The zero-order valence-electron chi connectivity index (χ0n) is 17.8. The summed E-state index contributed by atoms with van der Waals surface area (Å²) >= 11 is 6.28. The molecule has 0 N–H and O–H groups in total. The highest BCUT2D eigenvalue weighted by Crippen LogP contribution is 2.43. The van der Waals surface area contributed by atoms with Crippen LogP contribution in [0.1, 0.15) is 60.3 Å². The van der Waals surface area contributed by atoms with Gasteiger partial charge in [0, 0.05) is 23.0 Å². The SMILES string of the molecule is COc1ccc(F)cc1C1CCC(c2nnc3n2-c2ccc(Cl)cc2CN(C)C3)CC1. The predicted octanol–water partition coefficient (Wildman–Crippen LogP) is 5.46. The molecule has 3 aromatic rings. The first-order valence-electron chi connectivity index (χ1n) is 10.8. The van der Waals surface area contributed by atoms with Crippen LogP contribution in [0.4, 0.5) is 4.39 Å². The van der Waals surface area contributed by atoms with Crippen LogP contribution >= 0.6 is 11.6 Å². The van der Waals surface area contributed by atoms with Crippen LogP contribution in [0.15, 0.2) is 36.4 Å². The molecule has 0 unspecified atom stereocenters. The Bertz CT molecular complexity index is 1110. The van der Waals surface area contributed by atoms with Gasteiger partial charge >= 0.3 is 0 Å². The van der Waals surface area contributed by atoms with E-state index in [4.69, 9.17) is 16.3 Å². The van der Waals surface area contributed by atoms with Gasteiger partial charge in [0.05, 0.1) is 19.3 Å². The minimum absolute atomic E-state index is 0.208. The van der Waals surface area contributed by atoms with Gasteiger partial charge in [0.2, 0.25) is 0 Å². The minimum Gasteiger partial charge on any atom is -0.496 e. The van der Waals surface area contributed by atoms with Crippen LogP contribution in [-0.4, -0.2) is 33.8 Å². The number of nitrogens with zero attached hydrogens (tertiary/aromatic N) is 4. The number of hydrogen-bond acceptors (Lipinski definition) is 4. The van der Waals surface area contributed by atoms with Gasteiger partial charge in [0.1, 0.15) is 17.4 Å². The van der Waals surface area contributed by atoms with Gasteiger partial charge in [-0.15, -0.1) is 10.2 Å². The van der Waals surface area contributed by atoms with Crippen molar-refractivity contribution in [3.63, 3.8) is 0 Å². The molecule has 0 spiro atoms. The Balaban J connectivity index is 1.43.